The minimum atomic E-state index is -0.170. The lowest BCUT2D eigenvalue weighted by Gasteiger charge is -2.06. The molecule has 1 heterocycles. The summed E-state index contributed by atoms with van der Waals surface area (Å²) in [6.45, 7) is 2.24. The lowest BCUT2D eigenvalue weighted by atomic mass is 10.2. The lowest BCUT2D eigenvalue weighted by molar-refractivity contribution is -0.142. The molecular formula is C20H20N2O2S. The SMILES string of the molecule is CCOC(=O)CCSc1nc(-c2ccccc2)cn1-c1ccccc1. The molecule has 0 spiro atoms. The van der Waals surface area contributed by atoms with Crippen LogP contribution in [0.4, 0.5) is 0 Å². The summed E-state index contributed by atoms with van der Waals surface area (Å²) in [5, 5.41) is 0.870. The maximum absolute atomic E-state index is 11.6. The number of carbonyl (C=O) groups excluding carboxylic acids is 1. The number of rotatable bonds is 7. The van der Waals surface area contributed by atoms with Crippen LogP contribution in [-0.4, -0.2) is 27.9 Å². The topological polar surface area (TPSA) is 44.1 Å². The van der Waals surface area contributed by atoms with E-state index in [9.17, 15) is 4.79 Å². The number of carbonyl (C=O) groups is 1. The Balaban J connectivity index is 1.84. The Morgan fingerprint density at radius 2 is 1.76 bits per heavy atom. The van der Waals surface area contributed by atoms with E-state index >= 15 is 0 Å². The normalized spacial score (nSPS) is 10.6. The van der Waals surface area contributed by atoms with Gasteiger partial charge in [0.15, 0.2) is 5.16 Å². The molecule has 4 nitrogen and oxygen atoms in total. The minimum absolute atomic E-state index is 0.170. The van der Waals surface area contributed by atoms with Crippen molar-refractivity contribution in [3.05, 3.63) is 66.9 Å². The highest BCUT2D eigenvalue weighted by atomic mass is 32.2. The third-order valence-corrected chi connectivity index (χ3v) is 4.57. The maximum Gasteiger partial charge on any atom is 0.306 e. The zero-order valence-electron chi connectivity index (χ0n) is 14.1. The van der Waals surface area contributed by atoms with Crippen molar-refractivity contribution in [1.82, 2.24) is 9.55 Å². The van der Waals surface area contributed by atoms with Crippen molar-refractivity contribution in [2.75, 3.05) is 12.4 Å². The van der Waals surface area contributed by atoms with E-state index in [0.717, 1.165) is 22.1 Å². The van der Waals surface area contributed by atoms with E-state index in [2.05, 4.69) is 4.57 Å². The highest BCUT2D eigenvalue weighted by Gasteiger charge is 2.12. The van der Waals surface area contributed by atoms with Crippen molar-refractivity contribution in [3.63, 3.8) is 0 Å². The van der Waals surface area contributed by atoms with Crippen molar-refractivity contribution in [2.45, 2.75) is 18.5 Å². The van der Waals surface area contributed by atoms with Crippen LogP contribution in [0.1, 0.15) is 13.3 Å². The zero-order valence-corrected chi connectivity index (χ0v) is 14.9. The summed E-state index contributed by atoms with van der Waals surface area (Å²) in [5.41, 5.74) is 3.04. The largest absolute Gasteiger partial charge is 0.466 e. The molecule has 0 atom stereocenters. The highest BCUT2D eigenvalue weighted by Crippen LogP contribution is 2.27. The molecule has 0 aliphatic carbocycles. The molecule has 3 aromatic rings. The lowest BCUT2D eigenvalue weighted by Crippen LogP contribution is -2.05. The smallest absolute Gasteiger partial charge is 0.306 e. The van der Waals surface area contributed by atoms with Gasteiger partial charge < -0.3 is 4.74 Å². The summed E-state index contributed by atoms with van der Waals surface area (Å²) in [5.74, 6) is 0.466. The summed E-state index contributed by atoms with van der Waals surface area (Å²) < 4.78 is 7.06. The number of hydrogen-bond donors (Lipinski definition) is 0. The molecule has 0 bridgehead atoms. The Hall–Kier alpha value is -2.53. The standard InChI is InChI=1S/C20H20N2O2S/c1-2-24-19(23)13-14-25-20-21-18(16-9-5-3-6-10-16)15-22(20)17-11-7-4-8-12-17/h3-12,15H,2,13-14H2,1H3. The number of thioether (sulfide) groups is 1. The van der Waals surface area contributed by atoms with E-state index in [0.29, 0.717) is 18.8 Å². The number of aromatic nitrogens is 2. The molecule has 0 amide bonds. The second-order valence-corrected chi connectivity index (χ2v) is 6.45. The number of nitrogens with zero attached hydrogens (tertiary/aromatic N) is 2. The summed E-state index contributed by atoms with van der Waals surface area (Å²) >= 11 is 1.56. The Bertz CT molecular complexity index is 816. The molecule has 0 aliphatic heterocycles. The molecule has 3 rings (SSSR count). The van der Waals surface area contributed by atoms with E-state index < -0.39 is 0 Å². The van der Waals surface area contributed by atoms with Crippen molar-refractivity contribution < 1.29 is 9.53 Å². The first kappa shape index (κ1) is 17.3. The van der Waals surface area contributed by atoms with Crippen LogP contribution in [0.25, 0.3) is 16.9 Å². The van der Waals surface area contributed by atoms with Crippen LogP contribution in [0.3, 0.4) is 0 Å². The molecule has 0 N–H and O–H groups in total. The average Bonchev–Trinajstić information content (AvgIpc) is 3.08. The van der Waals surface area contributed by atoms with Crippen LogP contribution in [0.2, 0.25) is 0 Å². The number of esters is 1. The van der Waals surface area contributed by atoms with Gasteiger partial charge in [-0.2, -0.15) is 0 Å². The summed E-state index contributed by atoms with van der Waals surface area (Å²) in [4.78, 5) is 16.3. The molecule has 0 aliphatic rings. The van der Waals surface area contributed by atoms with Crippen LogP contribution in [0.5, 0.6) is 0 Å². The van der Waals surface area contributed by atoms with E-state index in [-0.39, 0.29) is 5.97 Å². The van der Waals surface area contributed by atoms with Crippen LogP contribution < -0.4 is 0 Å². The van der Waals surface area contributed by atoms with Gasteiger partial charge in [-0.25, -0.2) is 4.98 Å². The second-order valence-electron chi connectivity index (χ2n) is 5.38. The van der Waals surface area contributed by atoms with Gasteiger partial charge >= 0.3 is 5.97 Å². The summed E-state index contributed by atoms with van der Waals surface area (Å²) in [6, 6.07) is 20.2. The molecule has 0 radical (unpaired) electrons. The fourth-order valence-corrected chi connectivity index (χ4v) is 3.36. The van der Waals surface area contributed by atoms with Crippen LogP contribution in [-0.2, 0) is 9.53 Å². The van der Waals surface area contributed by atoms with Crippen LogP contribution >= 0.6 is 11.8 Å². The predicted molar refractivity (Wildman–Crippen MR) is 101 cm³/mol. The Morgan fingerprint density at radius 3 is 2.44 bits per heavy atom. The number of para-hydroxylation sites is 1. The molecule has 2 aromatic carbocycles. The van der Waals surface area contributed by atoms with Gasteiger partial charge in [0.1, 0.15) is 0 Å². The van der Waals surface area contributed by atoms with Crippen molar-refractivity contribution in [2.24, 2.45) is 0 Å². The van der Waals surface area contributed by atoms with Gasteiger partial charge in [-0.3, -0.25) is 9.36 Å². The Kier molecular flexibility index (Phi) is 5.90. The number of benzene rings is 2. The first-order valence-corrected chi connectivity index (χ1v) is 9.25. The summed E-state index contributed by atoms with van der Waals surface area (Å²) in [7, 11) is 0. The average molecular weight is 352 g/mol. The molecule has 25 heavy (non-hydrogen) atoms. The Labute approximate surface area is 151 Å². The van der Waals surface area contributed by atoms with E-state index in [4.69, 9.17) is 9.72 Å². The van der Waals surface area contributed by atoms with Crippen molar-refractivity contribution in [3.8, 4) is 16.9 Å². The molecule has 128 valence electrons. The monoisotopic (exact) mass is 352 g/mol. The maximum atomic E-state index is 11.6. The van der Waals surface area contributed by atoms with Gasteiger partial charge in [-0.1, -0.05) is 60.3 Å². The fourth-order valence-electron chi connectivity index (χ4n) is 2.45. The minimum Gasteiger partial charge on any atom is -0.466 e. The molecule has 5 heteroatoms. The van der Waals surface area contributed by atoms with Gasteiger partial charge in [0, 0.05) is 23.2 Å². The van der Waals surface area contributed by atoms with Gasteiger partial charge in [-0.05, 0) is 19.1 Å². The predicted octanol–water partition coefficient (Wildman–Crippen LogP) is 4.58. The first-order chi connectivity index (χ1) is 12.3. The third kappa shape index (κ3) is 4.51. The highest BCUT2D eigenvalue weighted by molar-refractivity contribution is 7.99. The number of ether oxygens (including phenoxy) is 1. The second kappa shape index (κ2) is 8.53. The molecule has 0 saturated carbocycles. The van der Waals surface area contributed by atoms with E-state index in [1.165, 1.54) is 0 Å². The van der Waals surface area contributed by atoms with Gasteiger partial charge in [0.25, 0.3) is 0 Å². The van der Waals surface area contributed by atoms with Crippen LogP contribution in [0, 0.1) is 0 Å². The summed E-state index contributed by atoms with van der Waals surface area (Å²) in [6.07, 6.45) is 2.41. The number of imidazole rings is 1. The fraction of sp³-hybridized carbons (Fsp3) is 0.200. The zero-order chi connectivity index (χ0) is 17.5. The Morgan fingerprint density at radius 1 is 1.08 bits per heavy atom. The first-order valence-electron chi connectivity index (χ1n) is 8.26. The quantitative estimate of drug-likeness (QED) is 0.461. The van der Waals surface area contributed by atoms with Gasteiger partial charge in [-0.15, -0.1) is 0 Å². The molecular weight excluding hydrogens is 332 g/mol. The van der Waals surface area contributed by atoms with E-state index in [1.807, 2.05) is 73.8 Å². The van der Waals surface area contributed by atoms with Crippen LogP contribution in [0.15, 0.2) is 72.0 Å². The van der Waals surface area contributed by atoms with Gasteiger partial charge in [0.2, 0.25) is 0 Å². The van der Waals surface area contributed by atoms with Crippen molar-refractivity contribution >= 4 is 17.7 Å². The molecule has 0 unspecified atom stereocenters. The van der Waals surface area contributed by atoms with E-state index in [1.54, 1.807) is 11.8 Å². The number of hydrogen-bond acceptors (Lipinski definition) is 4. The van der Waals surface area contributed by atoms with Crippen molar-refractivity contribution in [1.29, 1.82) is 0 Å². The third-order valence-electron chi connectivity index (χ3n) is 3.62. The molecule has 1 aromatic heterocycles. The molecule has 0 saturated heterocycles. The molecule has 0 fully saturated rings. The van der Waals surface area contributed by atoms with Gasteiger partial charge in [0.05, 0.1) is 18.7 Å².